The minimum Gasteiger partial charge on any atom is -0.497 e. The Kier molecular flexibility index (Phi) is 5.70. The predicted molar refractivity (Wildman–Crippen MR) is 120 cm³/mol. The molecule has 1 aliphatic rings. The van der Waals surface area contributed by atoms with Crippen molar-refractivity contribution in [2.45, 2.75) is 0 Å². The molecule has 0 radical (unpaired) electrons. The molecule has 0 aliphatic carbocycles. The molecule has 8 heteroatoms. The van der Waals surface area contributed by atoms with E-state index in [1.165, 1.54) is 13.3 Å². The maximum atomic E-state index is 12.7. The molecule has 0 spiro atoms. The molecular weight excluding hydrogens is 398 g/mol. The molecule has 1 aromatic heterocycles. The minimum absolute atomic E-state index is 0.0297. The number of esters is 1. The second-order valence-electron chi connectivity index (χ2n) is 7.26. The number of aromatic amines is 1. The lowest BCUT2D eigenvalue weighted by Gasteiger charge is -2.38. The van der Waals surface area contributed by atoms with Crippen molar-refractivity contribution in [1.82, 2.24) is 4.98 Å². The summed E-state index contributed by atoms with van der Waals surface area (Å²) in [4.78, 5) is 32.2. The Labute approximate surface area is 179 Å². The third-order valence-electron chi connectivity index (χ3n) is 5.64. The van der Waals surface area contributed by atoms with Crippen molar-refractivity contribution in [2.24, 2.45) is 0 Å². The second-order valence-corrected chi connectivity index (χ2v) is 7.26. The quantitative estimate of drug-likeness (QED) is 0.632. The van der Waals surface area contributed by atoms with Crippen LogP contribution in [0.2, 0.25) is 0 Å². The molecule has 0 unspecified atom stereocenters. The summed E-state index contributed by atoms with van der Waals surface area (Å²) in [5.74, 6) is 0.770. The molecule has 8 nitrogen and oxygen atoms in total. The van der Waals surface area contributed by atoms with Crippen LogP contribution in [0, 0.1) is 0 Å². The number of rotatable bonds is 5. The number of piperazine rings is 1. The highest BCUT2D eigenvalue weighted by Crippen LogP contribution is 2.33. The molecule has 0 saturated carbocycles. The van der Waals surface area contributed by atoms with E-state index in [2.05, 4.69) is 26.9 Å². The molecule has 2 aromatic carbocycles. The van der Waals surface area contributed by atoms with E-state index >= 15 is 0 Å². The number of carbonyl (C=O) groups excluding carboxylic acids is 1. The van der Waals surface area contributed by atoms with Gasteiger partial charge in [-0.1, -0.05) is 0 Å². The number of carbonyl (C=O) groups is 1. The van der Waals surface area contributed by atoms with E-state index in [4.69, 9.17) is 14.2 Å². The first kappa shape index (κ1) is 20.6. The SMILES string of the molecule is COC(=O)c1c[nH]c2cc(N3CCN(c4ccc(OC)cc4)CC3)c(OC)cc2c1=O. The number of ether oxygens (including phenoxy) is 3. The molecule has 1 saturated heterocycles. The number of benzene rings is 2. The number of hydrogen-bond acceptors (Lipinski definition) is 7. The number of nitrogens with zero attached hydrogens (tertiary/aromatic N) is 2. The van der Waals surface area contributed by atoms with Gasteiger partial charge < -0.3 is 29.0 Å². The van der Waals surface area contributed by atoms with E-state index in [0.29, 0.717) is 16.7 Å². The highest BCUT2D eigenvalue weighted by Gasteiger charge is 2.22. The molecule has 0 bridgehead atoms. The van der Waals surface area contributed by atoms with Crippen LogP contribution in [0.25, 0.3) is 10.9 Å². The van der Waals surface area contributed by atoms with Gasteiger partial charge in [-0.05, 0) is 36.4 Å². The van der Waals surface area contributed by atoms with E-state index in [-0.39, 0.29) is 11.0 Å². The molecule has 2 heterocycles. The van der Waals surface area contributed by atoms with Gasteiger partial charge in [-0.2, -0.15) is 0 Å². The Morgan fingerprint density at radius 3 is 2.23 bits per heavy atom. The van der Waals surface area contributed by atoms with Crippen LogP contribution in [0.4, 0.5) is 11.4 Å². The zero-order valence-corrected chi connectivity index (χ0v) is 17.8. The fourth-order valence-electron chi connectivity index (χ4n) is 3.91. The Morgan fingerprint density at radius 1 is 0.935 bits per heavy atom. The average Bonchev–Trinajstić information content (AvgIpc) is 2.83. The van der Waals surface area contributed by atoms with Crippen LogP contribution in [-0.2, 0) is 4.74 Å². The normalized spacial score (nSPS) is 13.9. The summed E-state index contributed by atoms with van der Waals surface area (Å²) < 4.78 is 15.5. The first-order valence-corrected chi connectivity index (χ1v) is 10.0. The number of anilines is 2. The fourth-order valence-corrected chi connectivity index (χ4v) is 3.91. The Hall–Kier alpha value is -3.68. The van der Waals surface area contributed by atoms with Crippen LogP contribution in [0.5, 0.6) is 11.5 Å². The Bertz CT molecular complexity index is 1150. The van der Waals surface area contributed by atoms with Crippen molar-refractivity contribution in [2.75, 3.05) is 57.3 Å². The van der Waals surface area contributed by atoms with Gasteiger partial charge in [-0.25, -0.2) is 4.79 Å². The first-order valence-electron chi connectivity index (χ1n) is 10.0. The summed E-state index contributed by atoms with van der Waals surface area (Å²) in [6.45, 7) is 3.31. The molecule has 0 amide bonds. The number of nitrogens with one attached hydrogen (secondary N) is 1. The lowest BCUT2D eigenvalue weighted by molar-refractivity contribution is 0.0599. The monoisotopic (exact) mass is 423 g/mol. The van der Waals surface area contributed by atoms with Crippen LogP contribution in [-0.4, -0.2) is 58.5 Å². The molecular formula is C23H25N3O5. The summed E-state index contributed by atoms with van der Waals surface area (Å²) in [5.41, 5.74) is 2.30. The van der Waals surface area contributed by atoms with Crippen molar-refractivity contribution in [3.63, 3.8) is 0 Å². The van der Waals surface area contributed by atoms with Crippen LogP contribution < -0.4 is 24.7 Å². The van der Waals surface area contributed by atoms with Crippen LogP contribution in [0.1, 0.15) is 10.4 Å². The van der Waals surface area contributed by atoms with Gasteiger partial charge in [0.05, 0.1) is 37.9 Å². The zero-order valence-electron chi connectivity index (χ0n) is 17.8. The number of H-pyrrole nitrogens is 1. The van der Waals surface area contributed by atoms with Gasteiger partial charge in [0.1, 0.15) is 17.1 Å². The van der Waals surface area contributed by atoms with Crippen molar-refractivity contribution in [1.29, 1.82) is 0 Å². The maximum absolute atomic E-state index is 12.7. The van der Waals surface area contributed by atoms with Gasteiger partial charge in [-0.15, -0.1) is 0 Å². The summed E-state index contributed by atoms with van der Waals surface area (Å²) in [6.07, 6.45) is 1.40. The van der Waals surface area contributed by atoms with Gasteiger partial charge in [0.25, 0.3) is 0 Å². The Balaban J connectivity index is 1.59. The van der Waals surface area contributed by atoms with E-state index in [1.807, 2.05) is 18.2 Å². The smallest absolute Gasteiger partial charge is 0.343 e. The number of pyridine rings is 1. The van der Waals surface area contributed by atoms with Gasteiger partial charge in [0.15, 0.2) is 0 Å². The van der Waals surface area contributed by atoms with Gasteiger partial charge in [0.2, 0.25) is 5.43 Å². The summed E-state index contributed by atoms with van der Waals surface area (Å²) in [7, 11) is 4.49. The summed E-state index contributed by atoms with van der Waals surface area (Å²) in [6, 6.07) is 11.6. The number of fused-ring (bicyclic) bond motifs is 1. The minimum atomic E-state index is -0.666. The predicted octanol–water partition coefficient (Wildman–Crippen LogP) is 2.66. The molecule has 1 N–H and O–H groups in total. The third kappa shape index (κ3) is 3.88. The fraction of sp³-hybridized carbons (Fsp3) is 0.304. The summed E-state index contributed by atoms with van der Waals surface area (Å²) >= 11 is 0. The van der Waals surface area contributed by atoms with Crippen LogP contribution in [0.3, 0.4) is 0 Å². The molecule has 4 rings (SSSR count). The summed E-state index contributed by atoms with van der Waals surface area (Å²) in [5, 5.41) is 0.389. The van der Waals surface area contributed by atoms with E-state index in [1.54, 1.807) is 20.3 Å². The topological polar surface area (TPSA) is 84.1 Å². The van der Waals surface area contributed by atoms with Crippen molar-refractivity contribution in [3.05, 3.63) is 58.4 Å². The lowest BCUT2D eigenvalue weighted by Crippen LogP contribution is -2.46. The van der Waals surface area contributed by atoms with Crippen LogP contribution >= 0.6 is 0 Å². The van der Waals surface area contributed by atoms with E-state index in [9.17, 15) is 9.59 Å². The largest absolute Gasteiger partial charge is 0.497 e. The third-order valence-corrected chi connectivity index (χ3v) is 5.64. The number of hydrogen-bond donors (Lipinski definition) is 1. The maximum Gasteiger partial charge on any atom is 0.343 e. The van der Waals surface area contributed by atoms with E-state index in [0.717, 1.165) is 43.3 Å². The molecule has 3 aromatic rings. The molecule has 31 heavy (non-hydrogen) atoms. The van der Waals surface area contributed by atoms with Gasteiger partial charge in [0, 0.05) is 38.1 Å². The number of aromatic nitrogens is 1. The second kappa shape index (κ2) is 8.59. The number of methoxy groups -OCH3 is 3. The molecule has 1 aliphatic heterocycles. The van der Waals surface area contributed by atoms with Crippen molar-refractivity contribution >= 4 is 28.2 Å². The van der Waals surface area contributed by atoms with Crippen LogP contribution in [0.15, 0.2) is 47.4 Å². The highest BCUT2D eigenvalue weighted by atomic mass is 16.5. The molecule has 0 atom stereocenters. The molecule has 1 fully saturated rings. The highest BCUT2D eigenvalue weighted by molar-refractivity contribution is 5.95. The van der Waals surface area contributed by atoms with Gasteiger partial charge >= 0.3 is 5.97 Å². The molecule has 162 valence electrons. The van der Waals surface area contributed by atoms with Gasteiger partial charge in [-0.3, -0.25) is 4.79 Å². The average molecular weight is 423 g/mol. The standard InChI is InChI=1S/C23H25N3O5/c1-29-16-6-4-15(5-7-16)25-8-10-26(11-9-25)20-13-19-17(12-21(20)30-2)22(27)18(14-24-19)23(28)31-3/h4-7,12-14H,8-11H2,1-3H3,(H,24,27). The van der Waals surface area contributed by atoms with Crippen molar-refractivity contribution in [3.8, 4) is 11.5 Å². The van der Waals surface area contributed by atoms with E-state index < -0.39 is 5.97 Å². The zero-order chi connectivity index (χ0) is 22.0. The first-order chi connectivity index (χ1) is 15.0. The Morgan fingerprint density at radius 2 is 1.61 bits per heavy atom. The van der Waals surface area contributed by atoms with Crippen molar-refractivity contribution < 1.29 is 19.0 Å². The lowest BCUT2D eigenvalue weighted by atomic mass is 10.1.